The third-order valence-corrected chi connectivity index (χ3v) is 4.81. The molecule has 0 aromatic heterocycles. The molecule has 0 bridgehead atoms. The van der Waals surface area contributed by atoms with Crippen LogP contribution in [0.25, 0.3) is 0 Å². The largest absolute Gasteiger partial charge is 0.495 e. The number of rotatable bonds is 4. The highest BCUT2D eigenvalue weighted by Gasteiger charge is 2.43. The van der Waals surface area contributed by atoms with Crippen LogP contribution < -0.4 is 4.74 Å². The molecule has 2 aromatic rings. The first-order valence-electron chi connectivity index (χ1n) is 6.73. The minimum Gasteiger partial charge on any atom is -0.495 e. The first-order valence-corrected chi connectivity index (χ1v) is 7.54. The molecule has 3 heteroatoms. The van der Waals surface area contributed by atoms with Crippen LogP contribution in [0.3, 0.4) is 0 Å². The summed E-state index contributed by atoms with van der Waals surface area (Å²) in [6, 6.07) is 16.4. The van der Waals surface area contributed by atoms with Gasteiger partial charge in [-0.05, 0) is 41.5 Å². The fraction of sp³-hybridized carbons (Fsp3) is 0.294. The van der Waals surface area contributed by atoms with Crippen molar-refractivity contribution in [2.24, 2.45) is 5.92 Å². The molecule has 0 aliphatic heterocycles. The van der Waals surface area contributed by atoms with E-state index in [4.69, 9.17) is 27.9 Å². The molecule has 3 unspecified atom stereocenters. The van der Waals surface area contributed by atoms with Gasteiger partial charge in [-0.2, -0.15) is 0 Å². The first kappa shape index (κ1) is 13.8. The number of methoxy groups -OCH3 is 1. The zero-order valence-corrected chi connectivity index (χ0v) is 12.7. The van der Waals surface area contributed by atoms with Gasteiger partial charge in [-0.25, -0.2) is 0 Å². The highest BCUT2D eigenvalue weighted by Crippen LogP contribution is 2.56. The summed E-state index contributed by atoms with van der Waals surface area (Å²) in [7, 11) is 1.62. The highest BCUT2D eigenvalue weighted by atomic mass is 35.5. The second kappa shape index (κ2) is 5.67. The fourth-order valence-corrected chi connectivity index (χ4v) is 3.40. The lowest BCUT2D eigenvalue weighted by Crippen LogP contribution is -1.96. The number of hydrogen-bond donors (Lipinski definition) is 0. The van der Waals surface area contributed by atoms with Crippen molar-refractivity contribution in [3.63, 3.8) is 0 Å². The number of alkyl halides is 1. The van der Waals surface area contributed by atoms with E-state index in [-0.39, 0.29) is 5.38 Å². The molecule has 3 atom stereocenters. The van der Waals surface area contributed by atoms with Crippen LogP contribution >= 0.6 is 23.2 Å². The van der Waals surface area contributed by atoms with Gasteiger partial charge < -0.3 is 4.74 Å². The third kappa shape index (κ3) is 2.65. The third-order valence-electron chi connectivity index (χ3n) is 3.94. The molecule has 1 aliphatic carbocycles. The van der Waals surface area contributed by atoms with Gasteiger partial charge in [0.1, 0.15) is 5.75 Å². The molecule has 1 nitrogen and oxygen atoms in total. The van der Waals surface area contributed by atoms with E-state index in [9.17, 15) is 0 Å². The topological polar surface area (TPSA) is 9.23 Å². The molecule has 0 spiro atoms. The van der Waals surface area contributed by atoms with Crippen LogP contribution in [0, 0.1) is 5.92 Å². The van der Waals surface area contributed by atoms with E-state index in [0.29, 0.717) is 22.6 Å². The second-order valence-corrected chi connectivity index (χ2v) is 6.09. The highest BCUT2D eigenvalue weighted by molar-refractivity contribution is 6.32. The molecule has 0 heterocycles. The van der Waals surface area contributed by atoms with E-state index < -0.39 is 0 Å². The molecule has 0 amide bonds. The van der Waals surface area contributed by atoms with Crippen molar-refractivity contribution in [3.05, 3.63) is 64.7 Å². The van der Waals surface area contributed by atoms with Crippen molar-refractivity contribution in [1.29, 1.82) is 0 Å². The van der Waals surface area contributed by atoms with Gasteiger partial charge in [0.2, 0.25) is 0 Å². The van der Waals surface area contributed by atoms with Crippen molar-refractivity contribution in [2.75, 3.05) is 7.11 Å². The molecule has 0 saturated heterocycles. The number of ether oxygens (including phenoxy) is 1. The van der Waals surface area contributed by atoms with Crippen LogP contribution in [0.1, 0.15) is 28.8 Å². The van der Waals surface area contributed by atoms with Crippen LogP contribution in [-0.2, 0) is 0 Å². The molecule has 1 saturated carbocycles. The van der Waals surface area contributed by atoms with E-state index in [1.807, 2.05) is 24.3 Å². The fourth-order valence-electron chi connectivity index (χ4n) is 2.72. The van der Waals surface area contributed by atoms with Crippen molar-refractivity contribution in [2.45, 2.75) is 17.7 Å². The zero-order chi connectivity index (χ0) is 14.1. The normalized spacial score (nSPS) is 22.4. The second-order valence-electron chi connectivity index (χ2n) is 5.21. The standard InChI is InChI=1S/C17H16Cl2O/c1-20-16-8-7-12(9-15(16)18)17(19)14-10-13(14)11-5-3-2-4-6-11/h2-9,13-14,17H,10H2,1H3. The Morgan fingerprint density at radius 2 is 1.90 bits per heavy atom. The maximum absolute atomic E-state index is 6.62. The summed E-state index contributed by atoms with van der Waals surface area (Å²) in [5, 5.41) is 0.621. The molecule has 104 valence electrons. The van der Waals surface area contributed by atoms with Gasteiger partial charge in [-0.15, -0.1) is 11.6 Å². The van der Waals surface area contributed by atoms with Crippen molar-refractivity contribution >= 4 is 23.2 Å². The number of benzene rings is 2. The van der Waals surface area contributed by atoms with Gasteiger partial charge in [0.15, 0.2) is 0 Å². The van der Waals surface area contributed by atoms with Crippen LogP contribution in [0.15, 0.2) is 48.5 Å². The Balaban J connectivity index is 1.75. The Kier molecular flexibility index (Phi) is 3.91. The predicted molar refractivity (Wildman–Crippen MR) is 83.9 cm³/mol. The van der Waals surface area contributed by atoms with Gasteiger partial charge in [-0.1, -0.05) is 48.0 Å². The number of halogens is 2. The van der Waals surface area contributed by atoms with E-state index in [1.54, 1.807) is 7.11 Å². The maximum atomic E-state index is 6.62. The molecule has 2 aromatic carbocycles. The quantitative estimate of drug-likeness (QED) is 0.684. The summed E-state index contributed by atoms with van der Waals surface area (Å²) >= 11 is 12.8. The SMILES string of the molecule is COc1ccc(C(Cl)C2CC2c2ccccc2)cc1Cl. The van der Waals surface area contributed by atoms with E-state index in [2.05, 4.69) is 24.3 Å². The van der Waals surface area contributed by atoms with Gasteiger partial charge in [0.05, 0.1) is 17.5 Å². The lowest BCUT2D eigenvalue weighted by molar-refractivity contribution is 0.415. The van der Waals surface area contributed by atoms with Gasteiger partial charge in [0.25, 0.3) is 0 Å². The maximum Gasteiger partial charge on any atom is 0.137 e. The molecule has 3 rings (SSSR count). The van der Waals surface area contributed by atoms with E-state index in [1.165, 1.54) is 5.56 Å². The molecule has 1 aliphatic rings. The average molecular weight is 307 g/mol. The van der Waals surface area contributed by atoms with Crippen LogP contribution in [-0.4, -0.2) is 7.11 Å². The minimum absolute atomic E-state index is 0.00334. The van der Waals surface area contributed by atoms with Crippen molar-refractivity contribution in [3.8, 4) is 5.75 Å². The minimum atomic E-state index is 0.00334. The monoisotopic (exact) mass is 306 g/mol. The summed E-state index contributed by atoms with van der Waals surface area (Å²) in [6.45, 7) is 0. The lowest BCUT2D eigenvalue weighted by atomic mass is 10.0. The summed E-state index contributed by atoms with van der Waals surface area (Å²) in [5.74, 6) is 1.75. The summed E-state index contributed by atoms with van der Waals surface area (Å²) in [4.78, 5) is 0. The van der Waals surface area contributed by atoms with Gasteiger partial charge >= 0.3 is 0 Å². The van der Waals surface area contributed by atoms with E-state index in [0.717, 1.165) is 12.0 Å². The molecule has 0 radical (unpaired) electrons. The first-order chi connectivity index (χ1) is 9.70. The Hall–Kier alpha value is -1.18. The van der Waals surface area contributed by atoms with Crippen LogP contribution in [0.2, 0.25) is 5.02 Å². The lowest BCUT2D eigenvalue weighted by Gasteiger charge is -2.12. The molecular formula is C17H16Cl2O. The van der Waals surface area contributed by atoms with E-state index >= 15 is 0 Å². The Labute approximate surface area is 129 Å². The van der Waals surface area contributed by atoms with Crippen molar-refractivity contribution in [1.82, 2.24) is 0 Å². The Morgan fingerprint density at radius 1 is 1.15 bits per heavy atom. The molecule has 0 N–H and O–H groups in total. The zero-order valence-electron chi connectivity index (χ0n) is 11.2. The Morgan fingerprint density at radius 3 is 2.55 bits per heavy atom. The molecule has 1 fully saturated rings. The van der Waals surface area contributed by atoms with Crippen molar-refractivity contribution < 1.29 is 4.74 Å². The summed E-state index contributed by atoms with van der Waals surface area (Å²) in [5.41, 5.74) is 2.45. The molecule has 20 heavy (non-hydrogen) atoms. The van der Waals surface area contributed by atoms with Gasteiger partial charge in [-0.3, -0.25) is 0 Å². The summed E-state index contributed by atoms with van der Waals surface area (Å²) < 4.78 is 5.17. The summed E-state index contributed by atoms with van der Waals surface area (Å²) in [6.07, 6.45) is 1.14. The average Bonchev–Trinajstić information content (AvgIpc) is 3.28. The smallest absolute Gasteiger partial charge is 0.137 e. The van der Waals surface area contributed by atoms with Crippen LogP contribution in [0.5, 0.6) is 5.75 Å². The predicted octanol–water partition coefficient (Wildman–Crippen LogP) is 5.43. The van der Waals surface area contributed by atoms with Crippen LogP contribution in [0.4, 0.5) is 0 Å². The Bertz CT molecular complexity index is 597. The van der Waals surface area contributed by atoms with Gasteiger partial charge in [0, 0.05) is 0 Å². The molecular weight excluding hydrogens is 291 g/mol. The number of hydrogen-bond acceptors (Lipinski definition) is 1.